The third kappa shape index (κ3) is 4.13. The summed E-state index contributed by atoms with van der Waals surface area (Å²) in [5, 5.41) is 0.898. The van der Waals surface area contributed by atoms with Gasteiger partial charge in [-0.2, -0.15) is 0 Å². The molecule has 1 rings (SSSR count). The van der Waals surface area contributed by atoms with Crippen LogP contribution in [0.5, 0.6) is 0 Å². The minimum Gasteiger partial charge on any atom is -0.352 e. The van der Waals surface area contributed by atoms with Gasteiger partial charge in [0.1, 0.15) is 0 Å². The van der Waals surface area contributed by atoms with Crippen LogP contribution in [0.1, 0.15) is 13.8 Å². The topological polar surface area (TPSA) is 47.1 Å². The van der Waals surface area contributed by atoms with Crippen LogP contribution in [0.15, 0.2) is 17.6 Å². The van der Waals surface area contributed by atoms with Crippen LogP contribution in [0.25, 0.3) is 0 Å². The molecular weight excluding hydrogens is 200 g/mol. The maximum absolute atomic E-state index is 5.40. The van der Waals surface area contributed by atoms with Gasteiger partial charge in [-0.3, -0.25) is 0 Å². The van der Waals surface area contributed by atoms with E-state index < -0.39 is 0 Å². The highest BCUT2D eigenvalue weighted by atomic mass is 32.2. The summed E-state index contributed by atoms with van der Waals surface area (Å²) in [6.07, 6.45) is 3.40. The van der Waals surface area contributed by atoms with Gasteiger partial charge in [0.25, 0.3) is 0 Å². The molecule has 0 spiro atoms. The van der Waals surface area contributed by atoms with Crippen LogP contribution in [0, 0.1) is 0 Å². The van der Waals surface area contributed by atoms with Crippen LogP contribution >= 0.6 is 11.8 Å². The van der Waals surface area contributed by atoms with Crippen molar-refractivity contribution in [3.8, 4) is 0 Å². The molecule has 0 atom stereocenters. The van der Waals surface area contributed by atoms with Gasteiger partial charge in [0.2, 0.25) is 0 Å². The normalized spacial score (nSPS) is 11.1. The predicted octanol–water partition coefficient (Wildman–Crippen LogP) is 1.90. The molecule has 1 heterocycles. The average Bonchev–Trinajstić information content (AvgIpc) is 2.67. The Labute approximate surface area is 88.4 Å². The zero-order valence-corrected chi connectivity index (χ0v) is 9.34. The van der Waals surface area contributed by atoms with Crippen LogP contribution in [0.4, 0.5) is 0 Å². The Morgan fingerprint density at radius 3 is 2.64 bits per heavy atom. The van der Waals surface area contributed by atoms with E-state index in [0.29, 0.717) is 13.2 Å². The van der Waals surface area contributed by atoms with Crippen LogP contribution < -0.4 is 0 Å². The fourth-order valence-corrected chi connectivity index (χ4v) is 1.77. The second-order valence-corrected chi connectivity index (χ2v) is 3.55. The van der Waals surface area contributed by atoms with Crippen LogP contribution in [0.3, 0.4) is 0 Å². The first kappa shape index (κ1) is 11.6. The Hall–Kier alpha value is -0.520. The maximum atomic E-state index is 5.40. The third-order valence-corrected chi connectivity index (χ3v) is 2.47. The summed E-state index contributed by atoms with van der Waals surface area (Å²) in [5.41, 5.74) is 0. The van der Waals surface area contributed by atoms with E-state index in [2.05, 4.69) is 9.97 Å². The van der Waals surface area contributed by atoms with Crippen molar-refractivity contribution < 1.29 is 9.47 Å². The number of ether oxygens (including phenoxy) is 2. The molecule has 5 heteroatoms. The minimum absolute atomic E-state index is 0.139. The zero-order valence-electron chi connectivity index (χ0n) is 8.53. The lowest BCUT2D eigenvalue weighted by Gasteiger charge is -2.15. The highest BCUT2D eigenvalue weighted by molar-refractivity contribution is 7.99. The van der Waals surface area contributed by atoms with E-state index in [1.54, 1.807) is 24.2 Å². The number of rotatable bonds is 7. The van der Waals surface area contributed by atoms with Crippen LogP contribution in [-0.2, 0) is 9.47 Å². The van der Waals surface area contributed by atoms with E-state index in [-0.39, 0.29) is 6.29 Å². The Morgan fingerprint density at radius 2 is 2.14 bits per heavy atom. The SMILES string of the molecule is CCOC(CSc1ncc[nH]1)OCC. The van der Waals surface area contributed by atoms with Gasteiger partial charge in [-0.1, -0.05) is 11.8 Å². The van der Waals surface area contributed by atoms with E-state index in [1.807, 2.05) is 13.8 Å². The molecule has 0 aliphatic carbocycles. The molecule has 0 saturated heterocycles. The van der Waals surface area contributed by atoms with Gasteiger partial charge in [0.05, 0.1) is 5.75 Å². The fourth-order valence-electron chi connectivity index (χ4n) is 0.993. The summed E-state index contributed by atoms with van der Waals surface area (Å²) in [7, 11) is 0. The van der Waals surface area contributed by atoms with Crippen molar-refractivity contribution in [2.24, 2.45) is 0 Å². The summed E-state index contributed by atoms with van der Waals surface area (Å²) in [5.74, 6) is 0.759. The first-order valence-electron chi connectivity index (χ1n) is 4.72. The predicted molar refractivity (Wildman–Crippen MR) is 56.4 cm³/mol. The van der Waals surface area contributed by atoms with E-state index in [0.717, 1.165) is 10.9 Å². The zero-order chi connectivity index (χ0) is 10.2. The smallest absolute Gasteiger partial charge is 0.166 e. The highest BCUT2D eigenvalue weighted by Gasteiger charge is 2.08. The number of thioether (sulfide) groups is 1. The lowest BCUT2D eigenvalue weighted by atomic mass is 10.7. The molecule has 0 unspecified atom stereocenters. The van der Waals surface area contributed by atoms with Gasteiger partial charge in [0.15, 0.2) is 11.4 Å². The van der Waals surface area contributed by atoms with Gasteiger partial charge >= 0.3 is 0 Å². The van der Waals surface area contributed by atoms with Crippen molar-refractivity contribution in [1.82, 2.24) is 9.97 Å². The van der Waals surface area contributed by atoms with E-state index in [4.69, 9.17) is 9.47 Å². The lowest BCUT2D eigenvalue weighted by Crippen LogP contribution is -2.20. The number of aromatic amines is 1. The Kier molecular flexibility index (Phi) is 5.66. The molecule has 1 aromatic heterocycles. The number of H-pyrrole nitrogens is 1. The molecule has 1 N–H and O–H groups in total. The van der Waals surface area contributed by atoms with Crippen LogP contribution in [-0.4, -0.2) is 35.2 Å². The molecule has 0 bridgehead atoms. The van der Waals surface area contributed by atoms with E-state index in [1.165, 1.54) is 0 Å². The fraction of sp³-hybridized carbons (Fsp3) is 0.667. The van der Waals surface area contributed by atoms with E-state index in [9.17, 15) is 0 Å². The van der Waals surface area contributed by atoms with Crippen molar-refractivity contribution in [2.45, 2.75) is 25.3 Å². The Morgan fingerprint density at radius 1 is 1.43 bits per heavy atom. The summed E-state index contributed by atoms with van der Waals surface area (Å²) in [6, 6.07) is 0. The maximum Gasteiger partial charge on any atom is 0.166 e. The molecule has 80 valence electrons. The summed E-state index contributed by atoms with van der Waals surface area (Å²) >= 11 is 1.60. The molecule has 0 aliphatic heterocycles. The standard InChI is InChI=1S/C9H16N2O2S/c1-3-12-8(13-4-2)7-14-9-10-5-6-11-9/h5-6,8H,3-4,7H2,1-2H3,(H,10,11). The highest BCUT2D eigenvalue weighted by Crippen LogP contribution is 2.14. The molecule has 0 fully saturated rings. The molecular formula is C9H16N2O2S. The number of hydrogen-bond donors (Lipinski definition) is 1. The van der Waals surface area contributed by atoms with Crippen molar-refractivity contribution in [2.75, 3.05) is 19.0 Å². The summed E-state index contributed by atoms with van der Waals surface area (Å²) in [4.78, 5) is 7.12. The van der Waals surface area contributed by atoms with Crippen molar-refractivity contribution in [3.63, 3.8) is 0 Å². The molecule has 0 amide bonds. The second kappa shape index (κ2) is 6.86. The van der Waals surface area contributed by atoms with Gasteiger partial charge < -0.3 is 14.5 Å². The first-order valence-corrected chi connectivity index (χ1v) is 5.70. The van der Waals surface area contributed by atoms with Gasteiger partial charge in [0, 0.05) is 25.6 Å². The first-order chi connectivity index (χ1) is 6.86. The molecule has 0 saturated carbocycles. The van der Waals surface area contributed by atoms with Gasteiger partial charge in [-0.25, -0.2) is 4.98 Å². The molecule has 0 radical (unpaired) electrons. The van der Waals surface area contributed by atoms with Crippen molar-refractivity contribution in [1.29, 1.82) is 0 Å². The number of nitrogens with one attached hydrogen (secondary N) is 1. The number of aromatic nitrogens is 2. The molecule has 1 aromatic rings. The quantitative estimate of drug-likeness (QED) is 0.558. The number of nitrogens with zero attached hydrogens (tertiary/aromatic N) is 1. The van der Waals surface area contributed by atoms with E-state index >= 15 is 0 Å². The van der Waals surface area contributed by atoms with Crippen LogP contribution in [0.2, 0.25) is 0 Å². The molecule has 4 nitrogen and oxygen atoms in total. The Bertz CT molecular complexity index is 223. The second-order valence-electron chi connectivity index (χ2n) is 2.55. The summed E-state index contributed by atoms with van der Waals surface area (Å²) < 4.78 is 10.8. The lowest BCUT2D eigenvalue weighted by molar-refractivity contribution is -0.120. The monoisotopic (exact) mass is 216 g/mol. The third-order valence-electron chi connectivity index (χ3n) is 1.53. The minimum atomic E-state index is -0.139. The largest absolute Gasteiger partial charge is 0.352 e. The molecule has 14 heavy (non-hydrogen) atoms. The van der Waals surface area contributed by atoms with Crippen molar-refractivity contribution in [3.05, 3.63) is 12.4 Å². The Balaban J connectivity index is 2.25. The number of imidazole rings is 1. The average molecular weight is 216 g/mol. The van der Waals surface area contributed by atoms with Gasteiger partial charge in [-0.15, -0.1) is 0 Å². The number of hydrogen-bond acceptors (Lipinski definition) is 4. The molecule has 0 aliphatic rings. The van der Waals surface area contributed by atoms with Gasteiger partial charge in [-0.05, 0) is 13.8 Å². The van der Waals surface area contributed by atoms with Crippen molar-refractivity contribution >= 4 is 11.8 Å². The summed E-state index contributed by atoms with van der Waals surface area (Å²) in [6.45, 7) is 5.26. The molecule has 0 aromatic carbocycles.